The van der Waals surface area contributed by atoms with Gasteiger partial charge in [0.25, 0.3) is 0 Å². The molecule has 11 nitrogen and oxygen atoms in total. The zero-order valence-electron chi connectivity index (χ0n) is 31.2. The fraction of sp³-hybridized carbons (Fsp3) is 0.415. The summed E-state index contributed by atoms with van der Waals surface area (Å²) in [5.41, 5.74) is 5.20. The minimum absolute atomic E-state index is 0.0307. The predicted molar refractivity (Wildman–Crippen MR) is 208 cm³/mol. The van der Waals surface area contributed by atoms with Gasteiger partial charge in [-0.2, -0.15) is 18.2 Å². The molecule has 4 aromatic rings. The molecule has 0 radical (unpaired) electrons. The molecule has 2 amide bonds. The van der Waals surface area contributed by atoms with Gasteiger partial charge in [0.1, 0.15) is 11.6 Å². The van der Waals surface area contributed by atoms with Crippen molar-refractivity contribution in [3.05, 3.63) is 87.6 Å². The first kappa shape index (κ1) is 39.3. The molecule has 2 unspecified atom stereocenters. The number of aromatic nitrogens is 2. The molecule has 0 bridgehead atoms. The van der Waals surface area contributed by atoms with Crippen LogP contribution in [0, 0.1) is 0 Å². The number of hydrogen-bond donors (Lipinski definition) is 5. The summed E-state index contributed by atoms with van der Waals surface area (Å²) in [6, 6.07) is 14.2. The van der Waals surface area contributed by atoms with Crippen LogP contribution in [0.3, 0.4) is 0 Å². The lowest BCUT2D eigenvalue weighted by Crippen LogP contribution is -2.35. The topological polar surface area (TPSA) is 139 Å². The maximum atomic E-state index is 14.6. The van der Waals surface area contributed by atoms with Crippen LogP contribution in [0.2, 0.25) is 5.02 Å². The van der Waals surface area contributed by atoms with Crippen LogP contribution >= 0.6 is 11.6 Å². The van der Waals surface area contributed by atoms with E-state index >= 15 is 0 Å². The van der Waals surface area contributed by atoms with Crippen molar-refractivity contribution in [2.75, 3.05) is 32.6 Å². The number of pyridine rings is 2. The van der Waals surface area contributed by atoms with Crippen LogP contribution < -0.4 is 36.1 Å². The second kappa shape index (κ2) is 17.1. The van der Waals surface area contributed by atoms with Crippen molar-refractivity contribution in [2.45, 2.75) is 82.3 Å². The van der Waals surface area contributed by atoms with E-state index in [1.807, 2.05) is 42.5 Å². The van der Waals surface area contributed by atoms with Gasteiger partial charge in [-0.1, -0.05) is 41.9 Å². The number of benzene rings is 2. The highest BCUT2D eigenvalue weighted by atomic mass is 35.5. The Labute approximate surface area is 328 Å². The Kier molecular flexibility index (Phi) is 12.0. The molecule has 2 aliphatic heterocycles. The SMILES string of the molecule is COc1cc(-c2nccc(-c3cccc4c3CCC[C@@H]4Nc3nc(OC)c(CNCC4CCC(=O)N4)cc3C(F)(F)F)c2Cl)ccc1CNCC1CCC(=O)N1. The van der Waals surface area contributed by atoms with Crippen LogP contribution in [-0.4, -0.2) is 61.2 Å². The number of rotatable bonds is 14. The molecule has 2 aromatic heterocycles. The molecule has 7 rings (SSSR count). The van der Waals surface area contributed by atoms with Crippen LogP contribution in [0.1, 0.15) is 72.4 Å². The Balaban J connectivity index is 1.12. The second-order valence-corrected chi connectivity index (χ2v) is 14.8. The molecule has 56 heavy (non-hydrogen) atoms. The largest absolute Gasteiger partial charge is 0.496 e. The van der Waals surface area contributed by atoms with Crippen molar-refractivity contribution in [3.8, 4) is 34.0 Å². The zero-order chi connectivity index (χ0) is 39.4. The normalized spacial score (nSPS) is 19.4. The molecule has 0 spiro atoms. The van der Waals surface area contributed by atoms with Gasteiger partial charge in [0, 0.05) is 79.6 Å². The molecule has 4 heterocycles. The van der Waals surface area contributed by atoms with Crippen LogP contribution in [0.25, 0.3) is 22.4 Å². The lowest BCUT2D eigenvalue weighted by atomic mass is 9.83. The third kappa shape index (κ3) is 8.72. The first-order chi connectivity index (χ1) is 27.0. The summed E-state index contributed by atoms with van der Waals surface area (Å²) in [6.07, 6.45) is 1.54. The molecule has 2 fully saturated rings. The first-order valence-corrected chi connectivity index (χ1v) is 19.3. The molecule has 1 aliphatic carbocycles. The molecule has 3 atom stereocenters. The number of alkyl halides is 3. The predicted octanol–water partition coefficient (Wildman–Crippen LogP) is 6.73. The zero-order valence-corrected chi connectivity index (χ0v) is 32.0. The maximum Gasteiger partial charge on any atom is 0.419 e. The Morgan fingerprint density at radius 3 is 2.21 bits per heavy atom. The highest BCUT2D eigenvalue weighted by Gasteiger charge is 2.37. The van der Waals surface area contributed by atoms with Gasteiger partial charge < -0.3 is 36.1 Å². The third-order valence-electron chi connectivity index (χ3n) is 10.7. The van der Waals surface area contributed by atoms with Crippen LogP contribution in [0.15, 0.2) is 54.7 Å². The Hall–Kier alpha value is -4.92. The van der Waals surface area contributed by atoms with E-state index in [0.717, 1.165) is 52.3 Å². The number of carbonyl (C=O) groups is 2. The summed E-state index contributed by atoms with van der Waals surface area (Å²) in [4.78, 5) is 32.1. The average Bonchev–Trinajstić information content (AvgIpc) is 3.81. The number of carbonyl (C=O) groups excluding carboxylic acids is 2. The number of ether oxygens (including phenoxy) is 2. The summed E-state index contributed by atoms with van der Waals surface area (Å²) >= 11 is 7.15. The molecule has 2 aromatic carbocycles. The Morgan fingerprint density at radius 1 is 0.857 bits per heavy atom. The van der Waals surface area contributed by atoms with E-state index in [1.54, 1.807) is 13.3 Å². The summed E-state index contributed by atoms with van der Waals surface area (Å²) < 4.78 is 55.0. The molecule has 5 N–H and O–H groups in total. The highest BCUT2D eigenvalue weighted by Crippen LogP contribution is 2.44. The number of amides is 2. The quantitative estimate of drug-likeness (QED) is 0.0942. The van der Waals surface area contributed by atoms with Gasteiger partial charge in [0.15, 0.2) is 0 Å². The number of methoxy groups -OCH3 is 2. The number of anilines is 1. The summed E-state index contributed by atoms with van der Waals surface area (Å²) in [7, 11) is 3.00. The fourth-order valence-corrected chi connectivity index (χ4v) is 8.22. The number of hydrogen-bond acceptors (Lipinski definition) is 9. The minimum Gasteiger partial charge on any atom is -0.496 e. The van der Waals surface area contributed by atoms with E-state index in [1.165, 1.54) is 7.11 Å². The van der Waals surface area contributed by atoms with E-state index < -0.39 is 17.8 Å². The number of nitrogens with zero attached hydrogens (tertiary/aromatic N) is 2. The lowest BCUT2D eigenvalue weighted by Gasteiger charge is -2.30. The molecule has 0 saturated carbocycles. The Bertz CT molecular complexity index is 2100. The van der Waals surface area contributed by atoms with Crippen molar-refractivity contribution in [2.24, 2.45) is 0 Å². The number of halogens is 4. The molecule has 296 valence electrons. The van der Waals surface area contributed by atoms with Gasteiger partial charge in [-0.05, 0) is 67.0 Å². The van der Waals surface area contributed by atoms with Crippen molar-refractivity contribution < 1.29 is 32.2 Å². The molecule has 3 aliphatic rings. The maximum absolute atomic E-state index is 14.6. The summed E-state index contributed by atoms with van der Waals surface area (Å²) in [5, 5.41) is 15.9. The highest BCUT2D eigenvalue weighted by molar-refractivity contribution is 6.35. The third-order valence-corrected chi connectivity index (χ3v) is 11.1. The summed E-state index contributed by atoms with van der Waals surface area (Å²) in [5.74, 6) is 0.509. The summed E-state index contributed by atoms with van der Waals surface area (Å²) in [6.45, 7) is 1.72. The second-order valence-electron chi connectivity index (χ2n) is 14.4. The van der Waals surface area contributed by atoms with Crippen LogP contribution in [0.4, 0.5) is 19.0 Å². The van der Waals surface area contributed by atoms with Gasteiger partial charge in [-0.3, -0.25) is 14.6 Å². The van der Waals surface area contributed by atoms with Crippen molar-refractivity contribution in [1.82, 2.24) is 31.2 Å². The number of nitrogens with one attached hydrogen (secondary N) is 5. The lowest BCUT2D eigenvalue weighted by molar-refractivity contribution is -0.137. The number of fused-ring (bicyclic) bond motifs is 1. The smallest absolute Gasteiger partial charge is 0.419 e. The minimum atomic E-state index is -4.68. The van der Waals surface area contributed by atoms with Gasteiger partial charge in [-0.25, -0.2) is 0 Å². The van der Waals surface area contributed by atoms with Gasteiger partial charge in [0.2, 0.25) is 17.7 Å². The van der Waals surface area contributed by atoms with E-state index in [0.29, 0.717) is 68.2 Å². The van der Waals surface area contributed by atoms with Crippen molar-refractivity contribution in [1.29, 1.82) is 0 Å². The van der Waals surface area contributed by atoms with E-state index in [4.69, 9.17) is 21.1 Å². The molecular formula is C41H45ClF3N7O4. The van der Waals surface area contributed by atoms with Crippen LogP contribution in [0.5, 0.6) is 11.6 Å². The van der Waals surface area contributed by atoms with Gasteiger partial charge in [-0.15, -0.1) is 0 Å². The first-order valence-electron chi connectivity index (χ1n) is 18.9. The van der Waals surface area contributed by atoms with E-state index in [9.17, 15) is 22.8 Å². The van der Waals surface area contributed by atoms with Gasteiger partial charge in [0.05, 0.1) is 36.5 Å². The van der Waals surface area contributed by atoms with Crippen molar-refractivity contribution in [3.63, 3.8) is 0 Å². The van der Waals surface area contributed by atoms with Crippen molar-refractivity contribution >= 4 is 29.2 Å². The monoisotopic (exact) mass is 791 g/mol. The molecule has 15 heteroatoms. The van der Waals surface area contributed by atoms with Crippen LogP contribution in [-0.2, 0) is 35.3 Å². The van der Waals surface area contributed by atoms with E-state index in [-0.39, 0.29) is 47.7 Å². The average molecular weight is 792 g/mol. The molecule has 2 saturated heterocycles. The fourth-order valence-electron chi connectivity index (χ4n) is 7.90. The Morgan fingerprint density at radius 2 is 1.57 bits per heavy atom. The molecular weight excluding hydrogens is 747 g/mol. The van der Waals surface area contributed by atoms with Gasteiger partial charge >= 0.3 is 6.18 Å². The van der Waals surface area contributed by atoms with E-state index in [2.05, 4.69) is 36.6 Å². The standard InChI is InChI=1S/C41H45ClF3N7O4/c1-55-34-18-23(9-10-24(34)19-46-21-26-11-13-35(53)49-26)38-37(42)31(15-16-48-38)29-5-3-7-30-28(29)6-4-8-33(30)51-39-32(41(43,44)45)17-25(40(52-39)56-2)20-47-22-27-12-14-36(54)50-27/h3,5,7,9-10,15-18,26-27,33,46-47H,4,6,8,11-14,19-22H2,1-2H3,(H,49,53)(H,50,54)(H,51,52)/t26?,27?,33-/m0/s1.